The number of hydrogen-bond acceptors (Lipinski definition) is 6. The molecule has 3 N–H and O–H groups in total. The van der Waals surface area contributed by atoms with Crippen LogP contribution in [0.3, 0.4) is 0 Å². The van der Waals surface area contributed by atoms with E-state index in [1.54, 1.807) is 0 Å². The van der Waals surface area contributed by atoms with Crippen LogP contribution in [0.1, 0.15) is 30.0 Å². The largest absolute Gasteiger partial charge is 0.441 e. The van der Waals surface area contributed by atoms with Crippen molar-refractivity contribution >= 4 is 11.7 Å². The van der Waals surface area contributed by atoms with Crippen molar-refractivity contribution in [3.05, 3.63) is 83.3 Å². The second-order valence-electron chi connectivity index (χ2n) is 7.88. The number of nitrogens with one attached hydrogen (secondary N) is 1. The summed E-state index contributed by atoms with van der Waals surface area (Å²) in [6.07, 6.45) is 2.32. The summed E-state index contributed by atoms with van der Waals surface area (Å²) in [6, 6.07) is 11.1. The first-order chi connectivity index (χ1) is 17.4. The molecule has 0 aliphatic heterocycles. The smallest absolute Gasteiger partial charge is 0.220 e. The molecule has 2 aromatic carbocycles. The van der Waals surface area contributed by atoms with E-state index in [0.29, 0.717) is 30.8 Å². The third-order valence-corrected chi connectivity index (χ3v) is 5.42. The zero-order valence-electron chi connectivity index (χ0n) is 19.0. The lowest BCUT2D eigenvalue weighted by Gasteiger charge is -2.04. The van der Waals surface area contributed by atoms with Crippen molar-refractivity contribution < 1.29 is 22.4 Å². The monoisotopic (exact) mass is 494 g/mol. The predicted octanol–water partition coefficient (Wildman–Crippen LogP) is 4.08. The van der Waals surface area contributed by atoms with Crippen LogP contribution in [0.25, 0.3) is 17.0 Å². The number of hydrogen-bond donors (Lipinski definition) is 2. The maximum absolute atomic E-state index is 13.9. The Balaban J connectivity index is 1.27. The van der Waals surface area contributed by atoms with Crippen LogP contribution < -0.4 is 11.1 Å². The number of aromatic nitrogens is 3. The molecule has 4 rings (SSSR count). The lowest BCUT2D eigenvalue weighted by molar-refractivity contribution is -0.121. The number of anilines is 1. The van der Waals surface area contributed by atoms with Crippen molar-refractivity contribution in [1.29, 1.82) is 5.26 Å². The second kappa shape index (κ2) is 10.8. The van der Waals surface area contributed by atoms with Crippen molar-refractivity contribution in [2.24, 2.45) is 0 Å². The van der Waals surface area contributed by atoms with E-state index in [1.807, 2.05) is 6.07 Å². The third-order valence-electron chi connectivity index (χ3n) is 5.42. The summed E-state index contributed by atoms with van der Waals surface area (Å²) in [5, 5.41) is 16.6. The van der Waals surface area contributed by atoms with Gasteiger partial charge in [-0.05, 0) is 49.2 Å². The Morgan fingerprint density at radius 3 is 2.53 bits per heavy atom. The predicted molar refractivity (Wildman–Crippen MR) is 124 cm³/mol. The zero-order valence-corrected chi connectivity index (χ0v) is 19.0. The Hall–Kier alpha value is -4.59. The third kappa shape index (κ3) is 5.38. The lowest BCUT2D eigenvalue weighted by Crippen LogP contribution is -2.25. The standard InChI is InChI=1S/C25H21F3N6O2/c26-15-6-8-16(9-7-15)34-25(30)17(13-29)20(33-34)5-2-12-31-22(35)10-11-23-32-14-21(36-23)24-18(27)3-1-4-19(24)28/h1,3-4,6-9,14H,2,5,10-12,30H2,(H,31,35). The van der Waals surface area contributed by atoms with E-state index >= 15 is 0 Å². The summed E-state index contributed by atoms with van der Waals surface area (Å²) < 4.78 is 47.8. The molecule has 0 spiro atoms. The molecule has 11 heteroatoms. The van der Waals surface area contributed by atoms with Crippen molar-refractivity contribution in [2.45, 2.75) is 25.7 Å². The van der Waals surface area contributed by atoms with E-state index in [2.05, 4.69) is 15.4 Å². The minimum Gasteiger partial charge on any atom is -0.441 e. The molecule has 0 atom stereocenters. The SMILES string of the molecule is N#Cc1c(CCCNC(=O)CCc2ncc(-c3c(F)cccc3F)o2)nn(-c2ccc(F)cc2)c1N. The number of halogens is 3. The molecular weight excluding hydrogens is 473 g/mol. The van der Waals surface area contributed by atoms with Gasteiger partial charge in [0.2, 0.25) is 5.91 Å². The molecule has 0 fully saturated rings. The Morgan fingerprint density at radius 1 is 1.11 bits per heavy atom. The molecule has 8 nitrogen and oxygen atoms in total. The van der Waals surface area contributed by atoms with Crippen molar-refractivity contribution in [2.75, 3.05) is 12.3 Å². The summed E-state index contributed by atoms with van der Waals surface area (Å²) in [4.78, 5) is 16.2. The van der Waals surface area contributed by atoms with Crippen molar-refractivity contribution in [3.8, 4) is 23.1 Å². The zero-order chi connectivity index (χ0) is 25.7. The first-order valence-electron chi connectivity index (χ1n) is 11.1. The van der Waals surface area contributed by atoms with Gasteiger partial charge < -0.3 is 15.5 Å². The van der Waals surface area contributed by atoms with Gasteiger partial charge >= 0.3 is 0 Å². The Morgan fingerprint density at radius 2 is 1.83 bits per heavy atom. The minimum atomic E-state index is -0.765. The molecule has 2 aromatic heterocycles. The normalized spacial score (nSPS) is 10.8. The first kappa shape index (κ1) is 24.5. The number of nitriles is 1. The molecular formula is C25H21F3N6O2. The quantitative estimate of drug-likeness (QED) is 0.338. The van der Waals surface area contributed by atoms with Gasteiger partial charge in [0.25, 0.3) is 0 Å². The molecule has 0 unspecified atom stereocenters. The first-order valence-corrected chi connectivity index (χ1v) is 11.1. The summed E-state index contributed by atoms with van der Waals surface area (Å²) in [5.41, 5.74) is 6.97. The van der Waals surface area contributed by atoms with E-state index in [9.17, 15) is 23.2 Å². The molecule has 0 saturated heterocycles. The van der Waals surface area contributed by atoms with Gasteiger partial charge in [0.15, 0.2) is 11.7 Å². The van der Waals surface area contributed by atoms with Gasteiger partial charge in [-0.3, -0.25) is 4.79 Å². The van der Waals surface area contributed by atoms with Gasteiger partial charge in [0.05, 0.1) is 23.1 Å². The van der Waals surface area contributed by atoms with Crippen LogP contribution in [-0.4, -0.2) is 27.2 Å². The van der Waals surface area contributed by atoms with Crippen LogP contribution in [0.15, 0.2) is 53.1 Å². The fraction of sp³-hybridized carbons (Fsp3) is 0.200. The maximum Gasteiger partial charge on any atom is 0.220 e. The number of benzene rings is 2. The number of oxazole rings is 1. The van der Waals surface area contributed by atoms with Gasteiger partial charge in [-0.25, -0.2) is 22.8 Å². The number of nitrogens with two attached hydrogens (primary N) is 1. The van der Waals surface area contributed by atoms with Gasteiger partial charge in [0, 0.05) is 19.4 Å². The molecule has 0 bridgehead atoms. The Labute approximate surface area is 204 Å². The van der Waals surface area contributed by atoms with Gasteiger partial charge in [-0.15, -0.1) is 0 Å². The van der Waals surface area contributed by atoms with E-state index in [0.717, 1.165) is 12.1 Å². The maximum atomic E-state index is 13.9. The van der Waals surface area contributed by atoms with E-state index in [-0.39, 0.29) is 47.3 Å². The van der Waals surface area contributed by atoms with E-state index < -0.39 is 17.5 Å². The highest BCUT2D eigenvalue weighted by atomic mass is 19.1. The topological polar surface area (TPSA) is 123 Å². The molecule has 0 saturated carbocycles. The molecule has 0 aliphatic rings. The van der Waals surface area contributed by atoms with Crippen LogP contribution in [-0.2, 0) is 17.6 Å². The molecule has 2 heterocycles. The number of nitrogens with zero attached hydrogens (tertiary/aromatic N) is 4. The van der Waals surface area contributed by atoms with E-state index in [1.165, 1.54) is 41.2 Å². The summed E-state index contributed by atoms with van der Waals surface area (Å²) in [5.74, 6) is -1.90. The van der Waals surface area contributed by atoms with Gasteiger partial charge in [0.1, 0.15) is 34.9 Å². The van der Waals surface area contributed by atoms with Crippen molar-refractivity contribution in [3.63, 3.8) is 0 Å². The second-order valence-corrected chi connectivity index (χ2v) is 7.88. The number of carbonyl (C=O) groups excluding carboxylic acids is 1. The van der Waals surface area contributed by atoms with Crippen LogP contribution in [0.5, 0.6) is 0 Å². The fourth-order valence-electron chi connectivity index (χ4n) is 3.62. The summed E-state index contributed by atoms with van der Waals surface area (Å²) in [7, 11) is 0. The van der Waals surface area contributed by atoms with Gasteiger partial charge in [-0.2, -0.15) is 10.4 Å². The highest BCUT2D eigenvalue weighted by molar-refractivity contribution is 5.76. The fourth-order valence-corrected chi connectivity index (χ4v) is 3.62. The Bertz CT molecular complexity index is 1400. The van der Waals surface area contributed by atoms with Crippen LogP contribution >= 0.6 is 0 Å². The molecule has 1 amide bonds. The molecule has 0 aliphatic carbocycles. The van der Waals surface area contributed by atoms with Gasteiger partial charge in [-0.1, -0.05) is 6.07 Å². The van der Waals surface area contributed by atoms with E-state index in [4.69, 9.17) is 10.2 Å². The highest BCUT2D eigenvalue weighted by Crippen LogP contribution is 2.27. The lowest BCUT2D eigenvalue weighted by atomic mass is 10.1. The van der Waals surface area contributed by atoms with Crippen LogP contribution in [0, 0.1) is 28.8 Å². The van der Waals surface area contributed by atoms with Crippen LogP contribution in [0.2, 0.25) is 0 Å². The Kier molecular flexibility index (Phi) is 7.34. The molecule has 4 aromatic rings. The molecule has 0 radical (unpaired) electrons. The average Bonchev–Trinajstić information content (AvgIpc) is 3.45. The summed E-state index contributed by atoms with van der Waals surface area (Å²) in [6.45, 7) is 0.324. The molecule has 184 valence electrons. The molecule has 36 heavy (non-hydrogen) atoms. The number of nitrogen functional groups attached to an aromatic ring is 1. The number of aryl methyl sites for hydroxylation is 2. The van der Waals surface area contributed by atoms with Crippen LogP contribution in [0.4, 0.5) is 19.0 Å². The summed E-state index contributed by atoms with van der Waals surface area (Å²) >= 11 is 0. The number of rotatable bonds is 9. The van der Waals surface area contributed by atoms with Crippen molar-refractivity contribution in [1.82, 2.24) is 20.1 Å². The minimum absolute atomic E-state index is 0.0475. The average molecular weight is 494 g/mol. The highest BCUT2D eigenvalue weighted by Gasteiger charge is 2.18. The number of amides is 1. The number of carbonyl (C=O) groups is 1.